The number of nitrogens with one attached hydrogen (secondary N) is 2. The monoisotopic (exact) mass is 324 g/mol. The van der Waals surface area contributed by atoms with E-state index in [0.717, 1.165) is 12.0 Å². The average Bonchev–Trinajstić information content (AvgIpc) is 2.63. The molecule has 3 rings (SSSR count). The Kier molecular flexibility index (Phi) is 4.46. The Morgan fingerprint density at radius 2 is 2.12 bits per heavy atom. The average molecular weight is 324 g/mol. The molecule has 124 valence electrons. The number of anilines is 2. The van der Waals surface area contributed by atoms with Crippen molar-refractivity contribution in [1.82, 2.24) is 10.3 Å². The molecule has 6 nitrogen and oxygen atoms in total. The summed E-state index contributed by atoms with van der Waals surface area (Å²) in [6.07, 6.45) is 2.32. The molecule has 0 unspecified atom stereocenters. The summed E-state index contributed by atoms with van der Waals surface area (Å²) < 4.78 is 0. The van der Waals surface area contributed by atoms with Crippen LogP contribution in [0.4, 0.5) is 11.5 Å². The number of aromatic nitrogens is 1. The van der Waals surface area contributed by atoms with E-state index in [1.54, 1.807) is 13.1 Å². The molecule has 0 saturated heterocycles. The Labute approximate surface area is 140 Å². The lowest BCUT2D eigenvalue weighted by Crippen LogP contribution is -2.37. The van der Waals surface area contributed by atoms with Crippen molar-refractivity contribution in [3.05, 3.63) is 53.7 Å². The number of benzene rings is 1. The lowest BCUT2D eigenvalue weighted by molar-refractivity contribution is -0.116. The predicted molar refractivity (Wildman–Crippen MR) is 93.1 cm³/mol. The highest BCUT2D eigenvalue weighted by Crippen LogP contribution is 2.27. The van der Waals surface area contributed by atoms with Crippen molar-refractivity contribution in [2.45, 2.75) is 19.4 Å². The Morgan fingerprint density at radius 1 is 1.38 bits per heavy atom. The second-order valence-corrected chi connectivity index (χ2v) is 5.74. The first-order valence-corrected chi connectivity index (χ1v) is 7.96. The summed E-state index contributed by atoms with van der Waals surface area (Å²) in [5, 5.41) is 5.98. The maximum Gasteiger partial charge on any atom is 0.253 e. The highest BCUT2D eigenvalue weighted by atomic mass is 16.2. The second-order valence-electron chi connectivity index (χ2n) is 5.74. The summed E-state index contributed by atoms with van der Waals surface area (Å²) >= 11 is 0. The molecule has 24 heavy (non-hydrogen) atoms. The summed E-state index contributed by atoms with van der Waals surface area (Å²) in [5.74, 6) is 0.355. The van der Waals surface area contributed by atoms with Crippen LogP contribution in [0.2, 0.25) is 0 Å². The van der Waals surface area contributed by atoms with Gasteiger partial charge < -0.3 is 15.5 Å². The smallest absolute Gasteiger partial charge is 0.253 e. The minimum absolute atomic E-state index is 0.0578. The Morgan fingerprint density at radius 3 is 2.83 bits per heavy atom. The van der Waals surface area contributed by atoms with Gasteiger partial charge in [-0.2, -0.15) is 0 Å². The van der Waals surface area contributed by atoms with Gasteiger partial charge in [-0.1, -0.05) is 37.3 Å². The van der Waals surface area contributed by atoms with Crippen LogP contribution in [0.5, 0.6) is 0 Å². The highest BCUT2D eigenvalue weighted by molar-refractivity contribution is 6.03. The van der Waals surface area contributed by atoms with Crippen LogP contribution in [-0.4, -0.2) is 30.4 Å². The third-order valence-electron chi connectivity index (χ3n) is 4.19. The molecule has 0 saturated carbocycles. The number of fused-ring (bicyclic) bond motifs is 1. The van der Waals surface area contributed by atoms with Crippen LogP contribution in [-0.2, 0) is 4.79 Å². The van der Waals surface area contributed by atoms with Crippen LogP contribution < -0.4 is 15.5 Å². The molecule has 2 amide bonds. The van der Waals surface area contributed by atoms with Crippen molar-refractivity contribution in [2.75, 3.05) is 23.8 Å². The second kappa shape index (κ2) is 6.70. The number of pyridine rings is 1. The highest BCUT2D eigenvalue weighted by Gasteiger charge is 2.23. The van der Waals surface area contributed by atoms with Gasteiger partial charge in [0.2, 0.25) is 5.91 Å². The number of amides is 2. The molecule has 6 heteroatoms. The van der Waals surface area contributed by atoms with Gasteiger partial charge in [-0.25, -0.2) is 4.98 Å². The third kappa shape index (κ3) is 3.08. The molecule has 1 atom stereocenters. The summed E-state index contributed by atoms with van der Waals surface area (Å²) in [5.41, 5.74) is 2.12. The van der Waals surface area contributed by atoms with E-state index in [0.29, 0.717) is 17.1 Å². The Hall–Kier alpha value is -2.89. The molecule has 0 bridgehead atoms. The lowest BCUT2D eigenvalue weighted by atomic mass is 10.0. The quantitative estimate of drug-likeness (QED) is 0.905. The molecule has 1 aliphatic rings. The lowest BCUT2D eigenvalue weighted by Gasteiger charge is -2.26. The van der Waals surface area contributed by atoms with E-state index in [-0.39, 0.29) is 24.4 Å². The van der Waals surface area contributed by atoms with Gasteiger partial charge in [0.25, 0.3) is 5.91 Å². The molecular weight excluding hydrogens is 304 g/mol. The van der Waals surface area contributed by atoms with E-state index in [1.165, 1.54) is 11.1 Å². The first-order valence-electron chi connectivity index (χ1n) is 7.96. The number of carbonyl (C=O) groups excluding carboxylic acids is 2. The maximum atomic E-state index is 12.6. The molecular formula is C18H20N4O2. The molecule has 1 aromatic carbocycles. The molecule has 0 radical (unpaired) electrons. The number of likely N-dealkylation sites (N-methyl/N-ethyl adjacent to an activating group) is 1. The summed E-state index contributed by atoms with van der Waals surface area (Å²) in [4.78, 5) is 30.2. The zero-order valence-corrected chi connectivity index (χ0v) is 13.7. The number of carbonyl (C=O) groups is 2. The Bertz CT molecular complexity index is 761. The van der Waals surface area contributed by atoms with Gasteiger partial charge in [0.15, 0.2) is 0 Å². The minimum Gasteiger partial charge on any atom is -0.359 e. The van der Waals surface area contributed by atoms with Gasteiger partial charge in [0.05, 0.1) is 23.8 Å². The topological polar surface area (TPSA) is 74.3 Å². The summed E-state index contributed by atoms with van der Waals surface area (Å²) in [7, 11) is 1.68. The van der Waals surface area contributed by atoms with Gasteiger partial charge in [-0.05, 0) is 18.1 Å². The van der Waals surface area contributed by atoms with E-state index >= 15 is 0 Å². The van der Waals surface area contributed by atoms with Crippen LogP contribution in [0.15, 0.2) is 42.6 Å². The number of nitrogens with zero attached hydrogens (tertiary/aromatic N) is 2. The number of hydrogen-bond acceptors (Lipinski definition) is 4. The molecule has 0 aliphatic carbocycles. The fraction of sp³-hybridized carbons (Fsp3) is 0.278. The fourth-order valence-corrected chi connectivity index (χ4v) is 2.73. The van der Waals surface area contributed by atoms with Crippen LogP contribution in [0.3, 0.4) is 0 Å². The Balaban J connectivity index is 1.81. The van der Waals surface area contributed by atoms with E-state index in [9.17, 15) is 9.59 Å². The van der Waals surface area contributed by atoms with Gasteiger partial charge in [-0.15, -0.1) is 0 Å². The fourth-order valence-electron chi connectivity index (χ4n) is 2.73. The van der Waals surface area contributed by atoms with Crippen LogP contribution in [0, 0.1) is 0 Å². The van der Waals surface area contributed by atoms with E-state index in [4.69, 9.17) is 0 Å². The third-order valence-corrected chi connectivity index (χ3v) is 4.19. The van der Waals surface area contributed by atoms with Gasteiger partial charge in [0.1, 0.15) is 5.82 Å². The molecule has 1 aliphatic heterocycles. The largest absolute Gasteiger partial charge is 0.359 e. The standard InChI is InChI=1S/C18H20N4O2/c1-3-14(12-7-5-4-6-8-12)21-18(24)13-9-15-17(19-10-13)20-11-16(23)22(15)2/h4-10,14H,3,11H2,1-2H3,(H,19,20)(H,21,24)/t14-/m0/s1. The van der Waals surface area contributed by atoms with Crippen molar-refractivity contribution in [3.8, 4) is 0 Å². The van der Waals surface area contributed by atoms with Gasteiger partial charge in [-0.3, -0.25) is 9.59 Å². The van der Waals surface area contributed by atoms with Gasteiger partial charge in [0, 0.05) is 13.2 Å². The molecule has 2 aromatic rings. The van der Waals surface area contributed by atoms with Crippen LogP contribution in [0.25, 0.3) is 0 Å². The zero-order valence-electron chi connectivity index (χ0n) is 13.7. The molecule has 1 aromatic heterocycles. The predicted octanol–water partition coefficient (Wildman–Crippen LogP) is 2.35. The van der Waals surface area contributed by atoms with Crippen molar-refractivity contribution >= 4 is 23.3 Å². The van der Waals surface area contributed by atoms with Crippen LogP contribution in [0.1, 0.15) is 35.3 Å². The number of hydrogen-bond donors (Lipinski definition) is 2. The SMILES string of the molecule is CC[C@H](NC(=O)c1cnc2c(c1)N(C)C(=O)CN2)c1ccccc1. The van der Waals surface area contributed by atoms with Crippen LogP contribution >= 0.6 is 0 Å². The molecule has 0 fully saturated rings. The first kappa shape index (κ1) is 16.0. The molecule has 0 spiro atoms. The summed E-state index contributed by atoms with van der Waals surface area (Å²) in [6.45, 7) is 2.24. The molecule has 2 heterocycles. The van der Waals surface area contributed by atoms with E-state index in [1.807, 2.05) is 37.3 Å². The zero-order chi connectivity index (χ0) is 17.1. The van der Waals surface area contributed by atoms with E-state index < -0.39 is 0 Å². The normalized spacial score (nSPS) is 14.6. The molecule has 2 N–H and O–H groups in total. The van der Waals surface area contributed by atoms with Crippen molar-refractivity contribution in [2.24, 2.45) is 0 Å². The van der Waals surface area contributed by atoms with Gasteiger partial charge >= 0.3 is 0 Å². The number of rotatable bonds is 4. The van der Waals surface area contributed by atoms with Crippen molar-refractivity contribution < 1.29 is 9.59 Å². The van der Waals surface area contributed by atoms with Crippen molar-refractivity contribution in [3.63, 3.8) is 0 Å². The van der Waals surface area contributed by atoms with Crippen molar-refractivity contribution in [1.29, 1.82) is 0 Å². The van der Waals surface area contributed by atoms with E-state index in [2.05, 4.69) is 15.6 Å². The summed E-state index contributed by atoms with van der Waals surface area (Å²) in [6, 6.07) is 11.5. The maximum absolute atomic E-state index is 12.6. The minimum atomic E-state index is -0.201. The first-order chi connectivity index (χ1) is 11.6.